The van der Waals surface area contributed by atoms with Gasteiger partial charge in [-0.1, -0.05) is 17.7 Å². The first-order valence-electron chi connectivity index (χ1n) is 4.00. The maximum absolute atomic E-state index is 13.2. The van der Waals surface area contributed by atoms with Crippen LogP contribution in [0.1, 0.15) is 18.0 Å². The summed E-state index contributed by atoms with van der Waals surface area (Å²) in [5.74, 6) is -1.11. The third-order valence-electron chi connectivity index (χ3n) is 1.79. The molecule has 0 fully saturated rings. The van der Waals surface area contributed by atoms with Gasteiger partial charge >= 0.3 is 0 Å². The van der Waals surface area contributed by atoms with Crippen LogP contribution in [0.15, 0.2) is 18.2 Å². The lowest BCUT2D eigenvalue weighted by Crippen LogP contribution is -2.21. The zero-order valence-corrected chi connectivity index (χ0v) is 8.09. The molecule has 1 aromatic carbocycles. The van der Waals surface area contributed by atoms with Crippen LogP contribution in [0.25, 0.3) is 0 Å². The second kappa shape index (κ2) is 4.39. The van der Waals surface area contributed by atoms with Gasteiger partial charge in [0.05, 0.1) is 0 Å². The van der Waals surface area contributed by atoms with E-state index in [0.717, 1.165) is 0 Å². The van der Waals surface area contributed by atoms with Gasteiger partial charge in [-0.25, -0.2) is 4.39 Å². The summed E-state index contributed by atoms with van der Waals surface area (Å²) in [6, 6.07) is 3.43. The molecule has 0 aliphatic carbocycles. The summed E-state index contributed by atoms with van der Waals surface area (Å²) >= 11 is 5.74. The fraction of sp³-hybridized carbons (Fsp3) is 0.222. The Labute approximate surface area is 85.8 Å². The number of hydrogen-bond donors (Lipinski definition) is 2. The predicted molar refractivity (Wildman–Crippen MR) is 52.1 cm³/mol. The minimum Gasteiger partial charge on any atom is -0.370 e. The van der Waals surface area contributed by atoms with Gasteiger partial charge < -0.3 is 11.5 Å². The van der Waals surface area contributed by atoms with E-state index in [2.05, 4.69) is 0 Å². The van der Waals surface area contributed by atoms with E-state index in [1.807, 2.05) is 0 Å². The van der Waals surface area contributed by atoms with Gasteiger partial charge in [-0.2, -0.15) is 0 Å². The number of carbonyl (C=O) groups is 1. The molecule has 0 saturated carbocycles. The minimum absolute atomic E-state index is 0.124. The van der Waals surface area contributed by atoms with E-state index >= 15 is 0 Å². The van der Waals surface area contributed by atoms with E-state index in [1.54, 1.807) is 0 Å². The summed E-state index contributed by atoms with van der Waals surface area (Å²) < 4.78 is 13.2. The third-order valence-corrected chi connectivity index (χ3v) is 2.12. The molecule has 0 aromatic heterocycles. The van der Waals surface area contributed by atoms with Gasteiger partial charge in [0, 0.05) is 23.0 Å². The van der Waals surface area contributed by atoms with Gasteiger partial charge in [0.2, 0.25) is 5.91 Å². The SMILES string of the molecule is NC(=O)CC(N)c1c(F)cccc1Cl. The number of hydrogen-bond acceptors (Lipinski definition) is 2. The van der Waals surface area contributed by atoms with Crippen LogP contribution in [0.5, 0.6) is 0 Å². The molecule has 3 nitrogen and oxygen atoms in total. The van der Waals surface area contributed by atoms with Gasteiger partial charge in [0.15, 0.2) is 0 Å². The van der Waals surface area contributed by atoms with Crippen molar-refractivity contribution in [1.82, 2.24) is 0 Å². The van der Waals surface area contributed by atoms with Gasteiger partial charge in [-0.05, 0) is 12.1 Å². The first kappa shape index (κ1) is 10.9. The number of amides is 1. The maximum Gasteiger partial charge on any atom is 0.219 e. The number of benzene rings is 1. The van der Waals surface area contributed by atoms with Crippen molar-refractivity contribution < 1.29 is 9.18 Å². The Balaban J connectivity index is 2.99. The minimum atomic E-state index is -0.791. The standard InChI is InChI=1S/C9H10ClFN2O/c10-5-2-1-3-6(11)9(5)7(12)4-8(13)14/h1-3,7H,4,12H2,(H2,13,14). The van der Waals surface area contributed by atoms with E-state index in [0.29, 0.717) is 0 Å². The van der Waals surface area contributed by atoms with Crippen LogP contribution in [0.3, 0.4) is 0 Å². The van der Waals surface area contributed by atoms with Gasteiger partial charge in [-0.3, -0.25) is 4.79 Å². The maximum atomic E-state index is 13.2. The van der Waals surface area contributed by atoms with Crippen LogP contribution in [0.2, 0.25) is 5.02 Å². The quantitative estimate of drug-likeness (QED) is 0.801. The van der Waals surface area contributed by atoms with Crippen LogP contribution in [-0.4, -0.2) is 5.91 Å². The summed E-state index contributed by atoms with van der Waals surface area (Å²) in [4.78, 5) is 10.6. The Morgan fingerprint density at radius 3 is 2.71 bits per heavy atom. The van der Waals surface area contributed by atoms with Crippen LogP contribution < -0.4 is 11.5 Å². The molecule has 0 aliphatic heterocycles. The lowest BCUT2D eigenvalue weighted by molar-refractivity contribution is -0.118. The Kier molecular flexibility index (Phi) is 3.43. The van der Waals surface area contributed by atoms with E-state index < -0.39 is 17.8 Å². The summed E-state index contributed by atoms with van der Waals surface area (Å²) in [7, 11) is 0. The molecule has 14 heavy (non-hydrogen) atoms. The van der Waals surface area contributed by atoms with Crippen molar-refractivity contribution in [2.75, 3.05) is 0 Å². The first-order chi connectivity index (χ1) is 6.52. The largest absolute Gasteiger partial charge is 0.370 e. The zero-order valence-electron chi connectivity index (χ0n) is 7.34. The smallest absolute Gasteiger partial charge is 0.219 e. The molecule has 0 heterocycles. The zero-order chi connectivity index (χ0) is 10.7. The van der Waals surface area contributed by atoms with Crippen molar-refractivity contribution in [3.63, 3.8) is 0 Å². The Hall–Kier alpha value is -1.13. The van der Waals surface area contributed by atoms with Crippen LogP contribution in [-0.2, 0) is 4.79 Å². The van der Waals surface area contributed by atoms with Crippen molar-refractivity contribution in [2.45, 2.75) is 12.5 Å². The van der Waals surface area contributed by atoms with Crippen LogP contribution >= 0.6 is 11.6 Å². The van der Waals surface area contributed by atoms with Crippen LogP contribution in [0.4, 0.5) is 4.39 Å². The number of primary amides is 1. The van der Waals surface area contributed by atoms with Crippen molar-refractivity contribution in [1.29, 1.82) is 0 Å². The lowest BCUT2D eigenvalue weighted by atomic mass is 10.0. The number of halogens is 2. The fourth-order valence-electron chi connectivity index (χ4n) is 1.18. The average molecular weight is 217 g/mol. The molecule has 0 spiro atoms. The second-order valence-electron chi connectivity index (χ2n) is 2.91. The number of nitrogens with two attached hydrogens (primary N) is 2. The highest BCUT2D eigenvalue weighted by atomic mass is 35.5. The van der Waals surface area contributed by atoms with E-state index in [9.17, 15) is 9.18 Å². The number of rotatable bonds is 3. The summed E-state index contributed by atoms with van der Waals surface area (Å²) in [5.41, 5.74) is 10.7. The van der Waals surface area contributed by atoms with Crippen molar-refractivity contribution in [2.24, 2.45) is 11.5 Å². The molecule has 1 aromatic rings. The summed E-state index contributed by atoms with van der Waals surface area (Å²) in [5, 5.41) is 0.207. The molecule has 1 amide bonds. The summed E-state index contributed by atoms with van der Waals surface area (Å²) in [6.45, 7) is 0. The number of carbonyl (C=O) groups excluding carboxylic acids is 1. The molecule has 0 aliphatic rings. The molecular formula is C9H10ClFN2O. The normalized spacial score (nSPS) is 12.5. The molecule has 1 atom stereocenters. The molecule has 1 unspecified atom stereocenters. The van der Waals surface area contributed by atoms with Crippen LogP contribution in [0, 0.1) is 5.82 Å². The average Bonchev–Trinajstić information content (AvgIpc) is 2.01. The van der Waals surface area contributed by atoms with Gasteiger partial charge in [0.25, 0.3) is 0 Å². The topological polar surface area (TPSA) is 69.1 Å². The molecule has 4 N–H and O–H groups in total. The second-order valence-corrected chi connectivity index (χ2v) is 3.32. The molecule has 1 rings (SSSR count). The predicted octanol–water partition coefficient (Wildman–Crippen LogP) is 1.35. The Bertz CT molecular complexity index is 336. The first-order valence-corrected chi connectivity index (χ1v) is 4.38. The van der Waals surface area contributed by atoms with E-state index in [1.165, 1.54) is 18.2 Å². The fourth-order valence-corrected chi connectivity index (χ4v) is 1.49. The Morgan fingerprint density at radius 1 is 1.57 bits per heavy atom. The molecular weight excluding hydrogens is 207 g/mol. The highest BCUT2D eigenvalue weighted by Crippen LogP contribution is 2.25. The van der Waals surface area contributed by atoms with Crippen molar-refractivity contribution in [3.8, 4) is 0 Å². The van der Waals surface area contributed by atoms with E-state index in [4.69, 9.17) is 23.1 Å². The lowest BCUT2D eigenvalue weighted by Gasteiger charge is -2.12. The van der Waals surface area contributed by atoms with E-state index in [-0.39, 0.29) is 17.0 Å². The third kappa shape index (κ3) is 2.43. The van der Waals surface area contributed by atoms with Gasteiger partial charge in [-0.15, -0.1) is 0 Å². The molecule has 0 radical (unpaired) electrons. The highest BCUT2D eigenvalue weighted by molar-refractivity contribution is 6.31. The highest BCUT2D eigenvalue weighted by Gasteiger charge is 2.16. The Morgan fingerprint density at radius 2 is 2.21 bits per heavy atom. The molecule has 76 valence electrons. The monoisotopic (exact) mass is 216 g/mol. The van der Waals surface area contributed by atoms with Crippen molar-refractivity contribution in [3.05, 3.63) is 34.6 Å². The van der Waals surface area contributed by atoms with Gasteiger partial charge in [0.1, 0.15) is 5.82 Å². The van der Waals surface area contributed by atoms with Crippen molar-refractivity contribution >= 4 is 17.5 Å². The summed E-state index contributed by atoms with van der Waals surface area (Å²) in [6.07, 6.45) is -0.124. The molecule has 5 heteroatoms. The molecule has 0 saturated heterocycles. The molecule has 0 bridgehead atoms.